The highest BCUT2D eigenvalue weighted by atomic mass is 16.6. The molecule has 6 nitrogen and oxygen atoms in total. The maximum atomic E-state index is 13.0. The van der Waals surface area contributed by atoms with Crippen LogP contribution in [0.15, 0.2) is 11.3 Å². The first-order chi connectivity index (χ1) is 14.2. The van der Waals surface area contributed by atoms with Crippen molar-refractivity contribution in [2.24, 2.45) is 39.7 Å². The van der Waals surface area contributed by atoms with E-state index in [0.29, 0.717) is 42.9 Å². The second-order valence-electron chi connectivity index (χ2n) is 11.6. The summed E-state index contributed by atoms with van der Waals surface area (Å²) in [5, 5.41) is 10.4. The molecule has 8 unspecified atom stereocenters. The molecule has 0 amide bonds. The number of Topliss-reactive ketones (excluding diaryl/α,β-unsaturated/α-hetero) is 1. The van der Waals surface area contributed by atoms with Crippen molar-refractivity contribution in [3.05, 3.63) is 11.3 Å². The number of nitrogens with zero attached hydrogens (tertiary/aromatic N) is 1. The summed E-state index contributed by atoms with van der Waals surface area (Å²) >= 11 is 0. The molecule has 2 bridgehead atoms. The van der Waals surface area contributed by atoms with Crippen molar-refractivity contribution in [3.8, 4) is 6.07 Å². The molecule has 2 aliphatic heterocycles. The Labute approximate surface area is 176 Å². The largest absolute Gasteiger partial charge is 0.458 e. The Kier molecular flexibility index (Phi) is 2.75. The van der Waals surface area contributed by atoms with Gasteiger partial charge >= 0.3 is 5.97 Å². The molecule has 2 N–H and O–H groups in total. The van der Waals surface area contributed by atoms with Crippen molar-refractivity contribution in [2.75, 3.05) is 0 Å². The lowest BCUT2D eigenvalue weighted by Crippen LogP contribution is -2.66. The van der Waals surface area contributed by atoms with Crippen LogP contribution >= 0.6 is 0 Å². The Bertz CT molecular complexity index is 1030. The predicted molar refractivity (Wildman–Crippen MR) is 104 cm³/mol. The minimum atomic E-state index is -0.813. The van der Waals surface area contributed by atoms with E-state index in [4.69, 9.17) is 15.2 Å². The molecule has 30 heavy (non-hydrogen) atoms. The standard InChI is InChI=1S/C24H28N2O4/c1-20-10-15-24(29-15)17(13(20)3-7-23(20)8-5-16(28)30-23)12-9-22(11-25)18(19(12)26)14(27)4-6-21(22,24)2/h12-13,15,17H,3-10,26H2,1-2H3/t12?,13?,15?,17?,20?,21?,22?,23-,24?/m1/s1. The van der Waals surface area contributed by atoms with Crippen molar-refractivity contribution < 1.29 is 19.1 Å². The number of carbonyl (C=O) groups excluding carboxylic acids is 2. The lowest BCUT2D eigenvalue weighted by Gasteiger charge is -2.61. The number of ketones is 1. The van der Waals surface area contributed by atoms with Gasteiger partial charge < -0.3 is 15.2 Å². The van der Waals surface area contributed by atoms with Crippen LogP contribution in [0.25, 0.3) is 0 Å². The number of ether oxygens (including phenoxy) is 2. The highest BCUT2D eigenvalue weighted by molar-refractivity contribution is 6.00. The third kappa shape index (κ3) is 1.41. The van der Waals surface area contributed by atoms with Crippen LogP contribution in [0.1, 0.15) is 65.2 Å². The third-order valence-corrected chi connectivity index (χ3v) is 11.3. The van der Waals surface area contributed by atoms with Crippen LogP contribution in [-0.4, -0.2) is 29.1 Å². The molecule has 2 saturated heterocycles. The summed E-state index contributed by atoms with van der Waals surface area (Å²) in [5.74, 6) is 0.519. The zero-order chi connectivity index (χ0) is 20.9. The van der Waals surface area contributed by atoms with E-state index >= 15 is 0 Å². The van der Waals surface area contributed by atoms with E-state index in [1.165, 1.54) is 0 Å². The first-order valence-electron chi connectivity index (χ1n) is 11.5. The molecular weight excluding hydrogens is 380 g/mol. The number of nitrogens with two attached hydrogens (primary N) is 1. The molecule has 5 aliphatic carbocycles. The smallest absolute Gasteiger partial charge is 0.306 e. The summed E-state index contributed by atoms with van der Waals surface area (Å²) < 4.78 is 12.8. The van der Waals surface area contributed by atoms with Gasteiger partial charge in [-0.3, -0.25) is 9.59 Å². The number of rotatable bonds is 0. The minimum Gasteiger partial charge on any atom is -0.458 e. The van der Waals surface area contributed by atoms with Crippen molar-refractivity contribution in [3.63, 3.8) is 0 Å². The summed E-state index contributed by atoms with van der Waals surface area (Å²) in [6.07, 6.45) is 5.92. The number of epoxide rings is 1. The van der Waals surface area contributed by atoms with Crippen molar-refractivity contribution in [2.45, 2.75) is 82.5 Å². The monoisotopic (exact) mass is 408 g/mol. The molecule has 0 aromatic carbocycles. The molecule has 0 aromatic heterocycles. The fraction of sp³-hybridized carbons (Fsp3) is 0.792. The van der Waals surface area contributed by atoms with E-state index in [1.807, 2.05) is 0 Å². The van der Waals surface area contributed by atoms with Gasteiger partial charge in [0.15, 0.2) is 5.78 Å². The number of esters is 1. The van der Waals surface area contributed by atoms with Gasteiger partial charge in [-0.15, -0.1) is 0 Å². The number of carbonyl (C=O) groups is 2. The topological polar surface area (TPSA) is 106 Å². The maximum Gasteiger partial charge on any atom is 0.306 e. The van der Waals surface area contributed by atoms with Gasteiger partial charge in [0.05, 0.1) is 17.6 Å². The zero-order valence-corrected chi connectivity index (χ0v) is 17.6. The Morgan fingerprint density at radius 1 is 1.13 bits per heavy atom. The summed E-state index contributed by atoms with van der Waals surface area (Å²) in [4.78, 5) is 25.1. The van der Waals surface area contributed by atoms with Crippen LogP contribution in [0.4, 0.5) is 0 Å². The fourth-order valence-electron chi connectivity index (χ4n) is 9.90. The maximum absolute atomic E-state index is 13.0. The second kappa shape index (κ2) is 4.65. The normalized spacial score (nSPS) is 59.5. The van der Waals surface area contributed by atoms with Crippen LogP contribution in [-0.2, 0) is 19.1 Å². The molecule has 2 heterocycles. The van der Waals surface area contributed by atoms with Gasteiger partial charge in [-0.05, 0) is 44.4 Å². The van der Waals surface area contributed by atoms with Gasteiger partial charge in [-0.2, -0.15) is 5.26 Å². The van der Waals surface area contributed by atoms with Gasteiger partial charge in [0.1, 0.15) is 11.2 Å². The molecule has 6 fully saturated rings. The Hall–Kier alpha value is -1.87. The van der Waals surface area contributed by atoms with Crippen LogP contribution < -0.4 is 5.73 Å². The van der Waals surface area contributed by atoms with Crippen LogP contribution in [0.5, 0.6) is 0 Å². The van der Waals surface area contributed by atoms with Crippen LogP contribution in [0.3, 0.4) is 0 Å². The number of fused-ring (bicyclic) bond motifs is 5. The van der Waals surface area contributed by atoms with E-state index in [2.05, 4.69) is 19.9 Å². The van der Waals surface area contributed by atoms with E-state index < -0.39 is 10.8 Å². The van der Waals surface area contributed by atoms with Crippen LogP contribution in [0, 0.1) is 45.3 Å². The lowest BCUT2D eigenvalue weighted by molar-refractivity contribution is -0.171. The summed E-state index contributed by atoms with van der Waals surface area (Å²) in [6.45, 7) is 4.51. The van der Waals surface area contributed by atoms with Crippen molar-refractivity contribution in [1.82, 2.24) is 0 Å². The first-order valence-corrected chi connectivity index (χ1v) is 11.5. The Morgan fingerprint density at radius 3 is 2.63 bits per heavy atom. The minimum absolute atomic E-state index is 0.0108. The van der Waals surface area contributed by atoms with Gasteiger partial charge in [0.25, 0.3) is 0 Å². The molecule has 0 aromatic rings. The molecule has 158 valence electrons. The molecule has 9 atom stereocenters. The third-order valence-electron chi connectivity index (χ3n) is 11.3. The van der Waals surface area contributed by atoms with Gasteiger partial charge in [-0.25, -0.2) is 0 Å². The number of hydrogen-bond acceptors (Lipinski definition) is 6. The van der Waals surface area contributed by atoms with Crippen molar-refractivity contribution in [1.29, 1.82) is 5.26 Å². The van der Waals surface area contributed by atoms with E-state index in [1.54, 1.807) is 0 Å². The average Bonchev–Trinajstić information content (AvgIpc) is 3.01. The molecule has 2 spiro atoms. The molecular formula is C24H28N2O4. The van der Waals surface area contributed by atoms with Crippen molar-refractivity contribution >= 4 is 11.8 Å². The number of nitriles is 1. The molecule has 0 radical (unpaired) electrons. The molecule has 7 aliphatic rings. The van der Waals surface area contributed by atoms with Gasteiger partial charge in [-0.1, -0.05) is 13.8 Å². The Morgan fingerprint density at radius 2 is 1.93 bits per heavy atom. The van der Waals surface area contributed by atoms with E-state index in [9.17, 15) is 14.9 Å². The predicted octanol–water partition coefficient (Wildman–Crippen LogP) is 2.76. The van der Waals surface area contributed by atoms with E-state index in [-0.39, 0.29) is 46.3 Å². The number of hydrogen-bond donors (Lipinski definition) is 1. The van der Waals surface area contributed by atoms with Gasteiger partial charge in [0, 0.05) is 46.8 Å². The quantitative estimate of drug-likeness (QED) is 0.488. The second-order valence-corrected chi connectivity index (χ2v) is 11.6. The summed E-state index contributed by atoms with van der Waals surface area (Å²) in [5.41, 5.74) is 5.90. The SMILES string of the molecule is CC12CCC(=O)C3=C(N)C(CC31C#N)C1C3CC[C@@]4(CCC(=O)O4)C3(C)CC3OC312. The highest BCUT2D eigenvalue weighted by Crippen LogP contribution is 2.83. The lowest BCUT2D eigenvalue weighted by atomic mass is 9.39. The fourth-order valence-corrected chi connectivity index (χ4v) is 9.90. The molecule has 4 saturated carbocycles. The average molecular weight is 408 g/mol. The summed E-state index contributed by atoms with van der Waals surface area (Å²) in [7, 11) is 0. The zero-order valence-electron chi connectivity index (χ0n) is 17.6. The van der Waals surface area contributed by atoms with Crippen LogP contribution in [0.2, 0.25) is 0 Å². The van der Waals surface area contributed by atoms with Gasteiger partial charge in [0.2, 0.25) is 0 Å². The molecule has 7 rings (SSSR count). The first kappa shape index (κ1) is 17.8. The number of allylic oxidation sites excluding steroid dienone is 2. The summed E-state index contributed by atoms with van der Waals surface area (Å²) in [6, 6.07) is 2.61. The highest BCUT2D eigenvalue weighted by Gasteiger charge is 2.88. The molecule has 6 heteroatoms. The van der Waals surface area contributed by atoms with E-state index in [0.717, 1.165) is 25.7 Å². The Balaban J connectivity index is 1.44.